The molecule has 0 heterocycles. The van der Waals surface area contributed by atoms with Crippen LogP contribution in [0.25, 0.3) is 0 Å². The van der Waals surface area contributed by atoms with Crippen molar-refractivity contribution in [3.8, 4) is 0 Å². The van der Waals surface area contributed by atoms with Crippen LogP contribution in [0.5, 0.6) is 0 Å². The zero-order valence-corrected chi connectivity index (χ0v) is 17.1. The maximum absolute atomic E-state index is 14.0. The average molecular weight is 425 g/mol. The predicted octanol–water partition coefficient (Wildman–Crippen LogP) is 4.89. The van der Waals surface area contributed by atoms with Gasteiger partial charge in [-0.25, -0.2) is 0 Å². The van der Waals surface area contributed by atoms with Crippen molar-refractivity contribution in [3.05, 3.63) is 111 Å². The molecular formula is C26H19NO5. The summed E-state index contributed by atoms with van der Waals surface area (Å²) in [6.07, 6.45) is 0.131. The number of nitrogens with zero attached hydrogens (tertiary/aromatic N) is 1. The van der Waals surface area contributed by atoms with E-state index in [1.54, 1.807) is 36.4 Å². The summed E-state index contributed by atoms with van der Waals surface area (Å²) in [6.45, 7) is 0. The Balaban J connectivity index is 1.75. The van der Waals surface area contributed by atoms with E-state index in [-0.39, 0.29) is 35.9 Å². The van der Waals surface area contributed by atoms with Gasteiger partial charge in [0.1, 0.15) is 11.2 Å². The van der Waals surface area contributed by atoms with Gasteiger partial charge < -0.3 is 0 Å². The van der Waals surface area contributed by atoms with Crippen molar-refractivity contribution >= 4 is 23.0 Å². The standard InChI is InChI=1S/C26H19NO5/c28-19-14-22(16-6-2-1-3-7-16)26(24(29)20-8-4-5-9-21(20)25(26)30)23(15-19)17-10-12-18(13-11-17)27(31)32/h1-13,22-23H,14-15H2/t22-,23-/m0/s1. The minimum absolute atomic E-state index is 0.0343. The van der Waals surface area contributed by atoms with E-state index >= 15 is 0 Å². The molecule has 1 spiro atoms. The van der Waals surface area contributed by atoms with Crippen LogP contribution in [-0.2, 0) is 4.79 Å². The molecule has 0 amide bonds. The normalized spacial score (nSPS) is 21.6. The van der Waals surface area contributed by atoms with Crippen LogP contribution in [0.3, 0.4) is 0 Å². The van der Waals surface area contributed by atoms with Gasteiger partial charge in [-0.15, -0.1) is 0 Å². The largest absolute Gasteiger partial charge is 0.300 e. The van der Waals surface area contributed by atoms with E-state index < -0.39 is 22.2 Å². The van der Waals surface area contributed by atoms with Crippen molar-refractivity contribution in [2.24, 2.45) is 5.41 Å². The van der Waals surface area contributed by atoms with Gasteiger partial charge in [0.25, 0.3) is 5.69 Å². The van der Waals surface area contributed by atoms with Gasteiger partial charge in [0, 0.05) is 47.9 Å². The summed E-state index contributed by atoms with van der Waals surface area (Å²) < 4.78 is 0. The van der Waals surface area contributed by atoms with Crippen LogP contribution >= 0.6 is 0 Å². The maximum atomic E-state index is 14.0. The minimum Gasteiger partial charge on any atom is -0.300 e. The summed E-state index contributed by atoms with van der Waals surface area (Å²) in [5, 5.41) is 11.1. The van der Waals surface area contributed by atoms with Gasteiger partial charge in [-0.1, -0.05) is 66.7 Å². The van der Waals surface area contributed by atoms with E-state index in [0.717, 1.165) is 5.56 Å². The molecule has 3 aromatic carbocycles. The first-order valence-corrected chi connectivity index (χ1v) is 10.4. The van der Waals surface area contributed by atoms with E-state index in [0.29, 0.717) is 16.7 Å². The lowest BCUT2D eigenvalue weighted by Gasteiger charge is -2.44. The first kappa shape index (κ1) is 20.0. The number of non-ortho nitro benzene ring substituents is 1. The number of nitro benzene ring substituents is 1. The number of benzene rings is 3. The summed E-state index contributed by atoms with van der Waals surface area (Å²) in [5.41, 5.74) is 0.548. The summed E-state index contributed by atoms with van der Waals surface area (Å²) in [6, 6.07) is 21.8. The lowest BCUT2D eigenvalue weighted by molar-refractivity contribution is -0.384. The number of carbonyl (C=O) groups excluding carboxylic acids is 3. The summed E-state index contributed by atoms with van der Waals surface area (Å²) in [4.78, 5) is 51.5. The third-order valence-corrected chi connectivity index (χ3v) is 6.84. The van der Waals surface area contributed by atoms with Crippen molar-refractivity contribution in [2.75, 3.05) is 0 Å². The quantitative estimate of drug-likeness (QED) is 0.338. The van der Waals surface area contributed by atoms with E-state index in [2.05, 4.69) is 0 Å². The van der Waals surface area contributed by atoms with Gasteiger partial charge >= 0.3 is 0 Å². The molecule has 6 nitrogen and oxygen atoms in total. The second-order valence-electron chi connectivity index (χ2n) is 8.38. The number of hydrogen-bond acceptors (Lipinski definition) is 5. The van der Waals surface area contributed by atoms with Crippen LogP contribution in [0, 0.1) is 15.5 Å². The minimum atomic E-state index is -1.46. The number of Topliss-reactive ketones (excluding diaryl/α,β-unsaturated/α-hetero) is 3. The molecule has 6 heteroatoms. The Bertz CT molecular complexity index is 1230. The van der Waals surface area contributed by atoms with E-state index in [9.17, 15) is 24.5 Å². The molecule has 2 aliphatic rings. The van der Waals surface area contributed by atoms with Crippen molar-refractivity contribution in [1.29, 1.82) is 0 Å². The van der Waals surface area contributed by atoms with Crippen LogP contribution < -0.4 is 0 Å². The highest BCUT2D eigenvalue weighted by Gasteiger charge is 2.64. The highest BCUT2D eigenvalue weighted by atomic mass is 16.6. The second-order valence-corrected chi connectivity index (χ2v) is 8.38. The molecule has 0 unspecified atom stereocenters. The molecule has 1 saturated carbocycles. The second kappa shape index (κ2) is 7.34. The van der Waals surface area contributed by atoms with Crippen LogP contribution in [-0.4, -0.2) is 22.3 Å². The Labute approximate surface area is 184 Å². The number of carbonyl (C=O) groups is 3. The molecule has 0 saturated heterocycles. The monoisotopic (exact) mass is 425 g/mol. The van der Waals surface area contributed by atoms with E-state index in [1.807, 2.05) is 30.3 Å². The van der Waals surface area contributed by atoms with Crippen molar-refractivity contribution in [3.63, 3.8) is 0 Å². The van der Waals surface area contributed by atoms with Gasteiger partial charge in [0.15, 0.2) is 11.6 Å². The number of fused-ring (bicyclic) bond motifs is 1. The van der Waals surface area contributed by atoms with Crippen LogP contribution in [0.15, 0.2) is 78.9 Å². The molecule has 0 aromatic heterocycles. The smallest absolute Gasteiger partial charge is 0.269 e. The Morgan fingerprint density at radius 1 is 0.688 bits per heavy atom. The van der Waals surface area contributed by atoms with Crippen molar-refractivity contribution in [2.45, 2.75) is 24.7 Å². The fraction of sp³-hybridized carbons (Fsp3) is 0.192. The van der Waals surface area contributed by atoms with Crippen LogP contribution in [0.2, 0.25) is 0 Å². The van der Waals surface area contributed by atoms with Gasteiger partial charge in [-0.3, -0.25) is 24.5 Å². The highest BCUT2D eigenvalue weighted by Crippen LogP contribution is 2.60. The number of hydrogen-bond donors (Lipinski definition) is 0. The molecule has 0 N–H and O–H groups in total. The van der Waals surface area contributed by atoms with E-state index in [1.165, 1.54) is 12.1 Å². The molecular weight excluding hydrogens is 406 g/mol. The van der Waals surface area contributed by atoms with Crippen LogP contribution in [0.1, 0.15) is 56.5 Å². The topological polar surface area (TPSA) is 94.3 Å². The number of nitro groups is 1. The average Bonchev–Trinajstić information content (AvgIpc) is 3.04. The molecule has 2 atom stereocenters. The zero-order chi connectivity index (χ0) is 22.5. The molecule has 0 aliphatic heterocycles. The Morgan fingerprint density at radius 3 is 1.66 bits per heavy atom. The third-order valence-electron chi connectivity index (χ3n) is 6.84. The molecule has 0 radical (unpaired) electrons. The Kier molecular flexibility index (Phi) is 4.59. The maximum Gasteiger partial charge on any atom is 0.269 e. The first-order chi connectivity index (χ1) is 15.4. The Hall–Kier alpha value is -3.93. The van der Waals surface area contributed by atoms with Gasteiger partial charge in [0.2, 0.25) is 0 Å². The zero-order valence-electron chi connectivity index (χ0n) is 17.1. The van der Waals surface area contributed by atoms with Gasteiger partial charge in [-0.05, 0) is 11.1 Å². The fourth-order valence-corrected chi connectivity index (χ4v) is 5.44. The number of rotatable bonds is 3. The first-order valence-electron chi connectivity index (χ1n) is 10.4. The van der Waals surface area contributed by atoms with E-state index in [4.69, 9.17) is 0 Å². The van der Waals surface area contributed by atoms with Crippen LogP contribution in [0.4, 0.5) is 5.69 Å². The molecule has 1 fully saturated rings. The lowest BCUT2D eigenvalue weighted by atomic mass is 9.54. The highest BCUT2D eigenvalue weighted by molar-refractivity contribution is 6.31. The molecule has 2 aliphatic carbocycles. The molecule has 0 bridgehead atoms. The summed E-state index contributed by atoms with van der Waals surface area (Å²) in [7, 11) is 0. The molecule has 32 heavy (non-hydrogen) atoms. The summed E-state index contributed by atoms with van der Waals surface area (Å²) >= 11 is 0. The third kappa shape index (κ3) is 2.76. The Morgan fingerprint density at radius 2 is 1.16 bits per heavy atom. The van der Waals surface area contributed by atoms with Gasteiger partial charge in [-0.2, -0.15) is 0 Å². The number of ketones is 3. The molecule has 158 valence electrons. The van der Waals surface area contributed by atoms with Gasteiger partial charge in [0.05, 0.1) is 4.92 Å². The SMILES string of the molecule is O=C1C[C@@H](c2ccccc2)C2(C(=O)c3ccccc3C2=O)[C@H](c2ccc([N+](=O)[O-])cc2)C1. The summed E-state index contributed by atoms with van der Waals surface area (Å²) in [5.74, 6) is -1.91. The predicted molar refractivity (Wildman–Crippen MR) is 117 cm³/mol. The van der Waals surface area contributed by atoms with Crippen molar-refractivity contribution in [1.82, 2.24) is 0 Å². The molecule has 3 aromatic rings. The molecule has 5 rings (SSSR count). The fourth-order valence-electron chi connectivity index (χ4n) is 5.44. The van der Waals surface area contributed by atoms with Crippen molar-refractivity contribution < 1.29 is 19.3 Å². The lowest BCUT2D eigenvalue weighted by Crippen LogP contribution is -2.49.